The van der Waals surface area contributed by atoms with E-state index in [1.165, 1.54) is 0 Å². The molecule has 0 bridgehead atoms. The molecule has 1 aromatic rings. The number of carbonyl (C=O) groups excluding carboxylic acids is 1. The van der Waals surface area contributed by atoms with Crippen LogP contribution >= 0.6 is 0 Å². The van der Waals surface area contributed by atoms with Gasteiger partial charge in [-0.3, -0.25) is 9.48 Å². The first-order valence-electron chi connectivity index (χ1n) is 5.69. The number of aromatic nitrogens is 2. The number of amides is 1. The molecule has 5 heteroatoms. The highest BCUT2D eigenvalue weighted by atomic mass is 16.3. The molecule has 1 N–H and O–H groups in total. The Kier molecular flexibility index (Phi) is 3.56. The van der Waals surface area contributed by atoms with Crippen LogP contribution in [0.25, 0.3) is 0 Å². The summed E-state index contributed by atoms with van der Waals surface area (Å²) in [6.45, 7) is 1.12. The predicted octanol–water partition coefficient (Wildman–Crippen LogP) is 0.257. The maximum atomic E-state index is 11.9. The average Bonchev–Trinajstić information content (AvgIpc) is 2.99. The van der Waals surface area contributed by atoms with Crippen LogP contribution in [0.5, 0.6) is 0 Å². The van der Waals surface area contributed by atoms with Gasteiger partial charge in [0.2, 0.25) is 5.91 Å². The van der Waals surface area contributed by atoms with Crippen molar-refractivity contribution < 1.29 is 9.90 Å². The predicted molar refractivity (Wildman–Crippen MR) is 58.7 cm³/mol. The summed E-state index contributed by atoms with van der Waals surface area (Å²) < 4.78 is 1.75. The van der Waals surface area contributed by atoms with Gasteiger partial charge in [-0.25, -0.2) is 0 Å². The molecule has 16 heavy (non-hydrogen) atoms. The van der Waals surface area contributed by atoms with Gasteiger partial charge in [0.15, 0.2) is 0 Å². The second-order valence-electron chi connectivity index (χ2n) is 4.06. The van der Waals surface area contributed by atoms with Gasteiger partial charge in [0, 0.05) is 37.9 Å². The molecule has 0 radical (unpaired) electrons. The number of aliphatic hydroxyl groups is 1. The Morgan fingerprint density at radius 3 is 2.94 bits per heavy atom. The van der Waals surface area contributed by atoms with Crippen molar-refractivity contribution in [2.24, 2.45) is 0 Å². The van der Waals surface area contributed by atoms with Crippen LogP contribution in [0.3, 0.4) is 0 Å². The van der Waals surface area contributed by atoms with Crippen LogP contribution in [0, 0.1) is 0 Å². The minimum Gasteiger partial charge on any atom is -0.395 e. The molecule has 2 rings (SSSR count). The molecular formula is C11H17N3O2. The van der Waals surface area contributed by atoms with E-state index >= 15 is 0 Å². The largest absolute Gasteiger partial charge is 0.395 e. The molecule has 0 spiro atoms. The van der Waals surface area contributed by atoms with Crippen molar-refractivity contribution in [3.63, 3.8) is 0 Å². The number of carbonyl (C=O) groups is 1. The Labute approximate surface area is 94.7 Å². The fourth-order valence-corrected chi connectivity index (χ4v) is 1.79. The van der Waals surface area contributed by atoms with Gasteiger partial charge >= 0.3 is 0 Å². The second-order valence-corrected chi connectivity index (χ2v) is 4.06. The Morgan fingerprint density at radius 1 is 1.56 bits per heavy atom. The lowest BCUT2D eigenvalue weighted by molar-refractivity contribution is -0.132. The van der Waals surface area contributed by atoms with Crippen LogP contribution in [-0.2, 0) is 11.3 Å². The smallest absolute Gasteiger partial charge is 0.224 e. The molecule has 0 saturated heterocycles. The van der Waals surface area contributed by atoms with E-state index in [4.69, 9.17) is 5.11 Å². The second kappa shape index (κ2) is 5.12. The van der Waals surface area contributed by atoms with Gasteiger partial charge < -0.3 is 10.0 Å². The van der Waals surface area contributed by atoms with E-state index in [-0.39, 0.29) is 12.5 Å². The highest BCUT2D eigenvalue weighted by molar-refractivity contribution is 5.76. The molecule has 1 aromatic heterocycles. The molecule has 0 unspecified atom stereocenters. The van der Waals surface area contributed by atoms with Crippen molar-refractivity contribution in [1.82, 2.24) is 14.7 Å². The highest BCUT2D eigenvalue weighted by Crippen LogP contribution is 2.27. The quantitative estimate of drug-likeness (QED) is 0.752. The minimum atomic E-state index is 0.0456. The van der Waals surface area contributed by atoms with E-state index in [0.29, 0.717) is 25.6 Å². The molecule has 88 valence electrons. The summed E-state index contributed by atoms with van der Waals surface area (Å²) in [6, 6.07) is 2.22. The first-order valence-corrected chi connectivity index (χ1v) is 5.69. The Morgan fingerprint density at radius 2 is 2.38 bits per heavy atom. The monoisotopic (exact) mass is 223 g/mol. The van der Waals surface area contributed by atoms with Crippen molar-refractivity contribution in [3.05, 3.63) is 18.5 Å². The topological polar surface area (TPSA) is 58.4 Å². The molecule has 1 saturated carbocycles. The van der Waals surface area contributed by atoms with Crippen LogP contribution in [0.4, 0.5) is 0 Å². The summed E-state index contributed by atoms with van der Waals surface area (Å²) in [4.78, 5) is 13.7. The highest BCUT2D eigenvalue weighted by Gasteiger charge is 2.31. The third-order valence-corrected chi connectivity index (χ3v) is 2.76. The molecule has 0 aromatic carbocycles. The molecule has 1 aliphatic carbocycles. The molecule has 1 heterocycles. The number of hydrogen-bond acceptors (Lipinski definition) is 3. The summed E-state index contributed by atoms with van der Waals surface area (Å²) in [6.07, 6.45) is 6.16. The molecule has 5 nitrogen and oxygen atoms in total. The minimum absolute atomic E-state index is 0.0456. The number of aryl methyl sites for hydroxylation is 1. The van der Waals surface area contributed by atoms with Gasteiger partial charge in [-0.15, -0.1) is 0 Å². The standard InChI is InChI=1S/C11H17N3O2/c15-9-8-14(10-2-3-10)11(16)4-7-13-6-1-5-12-13/h1,5-6,10,15H,2-4,7-9H2. The molecule has 1 fully saturated rings. The fraction of sp³-hybridized carbons (Fsp3) is 0.636. The molecule has 1 amide bonds. The fourth-order valence-electron chi connectivity index (χ4n) is 1.79. The first-order chi connectivity index (χ1) is 7.81. The van der Waals surface area contributed by atoms with Gasteiger partial charge in [0.1, 0.15) is 0 Å². The molecule has 0 aliphatic heterocycles. The third-order valence-electron chi connectivity index (χ3n) is 2.76. The van der Waals surface area contributed by atoms with Crippen molar-refractivity contribution in [2.75, 3.05) is 13.2 Å². The SMILES string of the molecule is O=C(CCn1cccn1)N(CCO)C1CC1. The third kappa shape index (κ3) is 2.82. The first kappa shape index (κ1) is 11.1. The van der Waals surface area contributed by atoms with Crippen molar-refractivity contribution in [2.45, 2.75) is 31.8 Å². The molecular weight excluding hydrogens is 206 g/mol. The lowest BCUT2D eigenvalue weighted by atomic mass is 10.3. The van der Waals surface area contributed by atoms with Gasteiger partial charge in [-0.05, 0) is 18.9 Å². The number of rotatable bonds is 6. The average molecular weight is 223 g/mol. The van der Waals surface area contributed by atoms with E-state index in [1.807, 2.05) is 12.3 Å². The molecule has 0 atom stereocenters. The van der Waals surface area contributed by atoms with Gasteiger partial charge in [0.25, 0.3) is 0 Å². The number of aliphatic hydroxyl groups excluding tert-OH is 1. The zero-order valence-corrected chi connectivity index (χ0v) is 9.25. The number of hydrogen-bond donors (Lipinski definition) is 1. The van der Waals surface area contributed by atoms with Gasteiger partial charge in [-0.2, -0.15) is 5.10 Å². The van der Waals surface area contributed by atoms with E-state index in [2.05, 4.69) is 5.10 Å². The maximum Gasteiger partial charge on any atom is 0.224 e. The van der Waals surface area contributed by atoms with Crippen LogP contribution in [0.2, 0.25) is 0 Å². The van der Waals surface area contributed by atoms with Crippen molar-refractivity contribution in [3.8, 4) is 0 Å². The van der Waals surface area contributed by atoms with Crippen molar-refractivity contribution >= 4 is 5.91 Å². The lowest BCUT2D eigenvalue weighted by Crippen LogP contribution is -2.35. The van der Waals surface area contributed by atoms with E-state index in [0.717, 1.165) is 12.8 Å². The molecule has 1 aliphatic rings. The van der Waals surface area contributed by atoms with Crippen molar-refractivity contribution in [1.29, 1.82) is 0 Å². The van der Waals surface area contributed by atoms with E-state index < -0.39 is 0 Å². The zero-order chi connectivity index (χ0) is 11.4. The van der Waals surface area contributed by atoms with Gasteiger partial charge in [0.05, 0.1) is 6.61 Å². The maximum absolute atomic E-state index is 11.9. The van der Waals surface area contributed by atoms with Crippen LogP contribution in [0.1, 0.15) is 19.3 Å². The van der Waals surface area contributed by atoms with E-state index in [9.17, 15) is 4.79 Å². The Balaban J connectivity index is 1.81. The summed E-state index contributed by atoms with van der Waals surface area (Å²) in [5.41, 5.74) is 0. The van der Waals surface area contributed by atoms with Gasteiger partial charge in [-0.1, -0.05) is 0 Å². The Hall–Kier alpha value is -1.36. The summed E-state index contributed by atoms with van der Waals surface area (Å²) >= 11 is 0. The summed E-state index contributed by atoms with van der Waals surface area (Å²) in [5.74, 6) is 0.118. The number of nitrogens with zero attached hydrogens (tertiary/aromatic N) is 3. The normalized spacial score (nSPS) is 15.1. The zero-order valence-electron chi connectivity index (χ0n) is 9.25. The Bertz CT molecular complexity index is 333. The summed E-state index contributed by atoms with van der Waals surface area (Å²) in [7, 11) is 0. The van der Waals surface area contributed by atoms with E-state index in [1.54, 1.807) is 15.8 Å². The van der Waals surface area contributed by atoms with Crippen LogP contribution in [0.15, 0.2) is 18.5 Å². The van der Waals surface area contributed by atoms with Crippen LogP contribution < -0.4 is 0 Å². The summed E-state index contributed by atoms with van der Waals surface area (Å²) in [5, 5.41) is 13.0. The lowest BCUT2D eigenvalue weighted by Gasteiger charge is -2.21. The van der Waals surface area contributed by atoms with Crippen LogP contribution in [-0.4, -0.2) is 44.9 Å².